The van der Waals surface area contributed by atoms with Crippen molar-refractivity contribution in [1.82, 2.24) is 25.7 Å². The van der Waals surface area contributed by atoms with Gasteiger partial charge < -0.3 is 10.6 Å². The van der Waals surface area contributed by atoms with Crippen LogP contribution >= 0.6 is 0 Å². The molecule has 21 heavy (non-hydrogen) atoms. The minimum atomic E-state index is -0.607. The van der Waals surface area contributed by atoms with E-state index < -0.39 is 12.1 Å². The van der Waals surface area contributed by atoms with Gasteiger partial charge in [0.05, 0.1) is 0 Å². The zero-order chi connectivity index (χ0) is 15.2. The molecule has 1 aromatic heterocycles. The maximum atomic E-state index is 11.7. The van der Waals surface area contributed by atoms with E-state index in [-0.39, 0.29) is 24.2 Å². The fourth-order valence-corrected chi connectivity index (χ4v) is 2.11. The maximum Gasteiger partial charge on any atom is 0.322 e. The molecule has 1 aliphatic heterocycles. The summed E-state index contributed by atoms with van der Waals surface area (Å²) in [5, 5.41) is 11.5. The second-order valence-electron chi connectivity index (χ2n) is 5.19. The molecule has 2 heterocycles. The van der Waals surface area contributed by atoms with Crippen LogP contribution in [0, 0.1) is 5.92 Å². The predicted molar refractivity (Wildman–Crippen MR) is 74.1 cm³/mol. The molecule has 4 amide bonds. The van der Waals surface area contributed by atoms with Gasteiger partial charge in [0.25, 0.3) is 5.91 Å². The van der Waals surface area contributed by atoms with E-state index in [1.54, 1.807) is 6.20 Å². The standard InChI is InChI=1S/C13H19N5O3/c1-9(8-18-6-2-5-15-18)7-14-11(19)4-3-10-12(20)17-13(21)16-10/h2,5-6,9-10H,3-4,7-8H2,1H3,(H,14,19)(H2,16,17,20,21)/t9-,10+/m0/s1. The number of nitrogens with one attached hydrogen (secondary N) is 3. The molecule has 0 saturated carbocycles. The summed E-state index contributed by atoms with van der Waals surface area (Å²) in [5.74, 6) is -0.251. The Labute approximate surface area is 122 Å². The fourth-order valence-electron chi connectivity index (χ4n) is 2.11. The van der Waals surface area contributed by atoms with Crippen LogP contribution in [0.4, 0.5) is 4.79 Å². The Morgan fingerprint density at radius 1 is 1.52 bits per heavy atom. The third-order valence-electron chi connectivity index (χ3n) is 3.22. The monoisotopic (exact) mass is 293 g/mol. The van der Waals surface area contributed by atoms with Crippen LogP contribution in [0.2, 0.25) is 0 Å². The summed E-state index contributed by atoms with van der Waals surface area (Å²) in [7, 11) is 0. The maximum absolute atomic E-state index is 11.7. The third kappa shape index (κ3) is 4.59. The molecule has 0 spiro atoms. The molecule has 0 aromatic carbocycles. The van der Waals surface area contributed by atoms with Crippen molar-refractivity contribution < 1.29 is 14.4 Å². The zero-order valence-corrected chi connectivity index (χ0v) is 11.8. The lowest BCUT2D eigenvalue weighted by Gasteiger charge is -2.13. The van der Waals surface area contributed by atoms with Crippen LogP contribution < -0.4 is 16.0 Å². The van der Waals surface area contributed by atoms with E-state index >= 15 is 0 Å². The topological polar surface area (TPSA) is 105 Å². The van der Waals surface area contributed by atoms with Crippen LogP contribution in [0.1, 0.15) is 19.8 Å². The van der Waals surface area contributed by atoms with E-state index in [0.717, 1.165) is 6.54 Å². The molecule has 8 heteroatoms. The summed E-state index contributed by atoms with van der Waals surface area (Å²) in [4.78, 5) is 33.9. The number of rotatable bonds is 7. The van der Waals surface area contributed by atoms with E-state index in [2.05, 4.69) is 21.0 Å². The first-order chi connectivity index (χ1) is 10.0. The number of urea groups is 1. The smallest absolute Gasteiger partial charge is 0.322 e. The van der Waals surface area contributed by atoms with Crippen molar-refractivity contribution >= 4 is 17.8 Å². The number of carbonyl (C=O) groups is 3. The van der Waals surface area contributed by atoms with Crippen LogP contribution in [0.15, 0.2) is 18.5 Å². The fraction of sp³-hybridized carbons (Fsp3) is 0.538. The lowest BCUT2D eigenvalue weighted by atomic mass is 10.1. The third-order valence-corrected chi connectivity index (χ3v) is 3.22. The van der Waals surface area contributed by atoms with Gasteiger partial charge in [0.1, 0.15) is 6.04 Å². The van der Waals surface area contributed by atoms with Gasteiger partial charge in [0, 0.05) is 31.9 Å². The molecular weight excluding hydrogens is 274 g/mol. The van der Waals surface area contributed by atoms with Crippen LogP contribution in [-0.2, 0) is 16.1 Å². The molecule has 1 saturated heterocycles. The zero-order valence-electron chi connectivity index (χ0n) is 11.8. The van der Waals surface area contributed by atoms with Crippen LogP contribution in [-0.4, -0.2) is 40.2 Å². The summed E-state index contributed by atoms with van der Waals surface area (Å²) < 4.78 is 1.81. The molecule has 0 bridgehead atoms. The van der Waals surface area contributed by atoms with Gasteiger partial charge >= 0.3 is 6.03 Å². The number of aromatic nitrogens is 2. The van der Waals surface area contributed by atoms with Crippen LogP contribution in [0.3, 0.4) is 0 Å². The molecule has 114 valence electrons. The molecule has 8 nitrogen and oxygen atoms in total. The van der Waals surface area contributed by atoms with Crippen molar-refractivity contribution in [3.8, 4) is 0 Å². The molecule has 1 aromatic rings. The molecule has 0 aliphatic carbocycles. The Kier molecular flexibility index (Phi) is 4.91. The molecule has 0 unspecified atom stereocenters. The van der Waals surface area contributed by atoms with Gasteiger partial charge in [0.2, 0.25) is 5.91 Å². The van der Waals surface area contributed by atoms with E-state index in [4.69, 9.17) is 0 Å². The Morgan fingerprint density at radius 2 is 2.33 bits per heavy atom. The molecule has 2 rings (SSSR count). The summed E-state index contributed by atoms with van der Waals surface area (Å²) >= 11 is 0. The number of hydrogen-bond donors (Lipinski definition) is 3. The van der Waals surface area contributed by atoms with Crippen molar-refractivity contribution in [1.29, 1.82) is 0 Å². The Hall–Kier alpha value is -2.38. The molecule has 0 radical (unpaired) electrons. The lowest BCUT2D eigenvalue weighted by molar-refractivity contribution is -0.122. The summed E-state index contributed by atoms with van der Waals surface area (Å²) in [5.41, 5.74) is 0. The van der Waals surface area contributed by atoms with Crippen molar-refractivity contribution in [2.24, 2.45) is 5.92 Å². The van der Waals surface area contributed by atoms with Crippen molar-refractivity contribution in [2.45, 2.75) is 32.4 Å². The average Bonchev–Trinajstić information content (AvgIpc) is 3.04. The SMILES string of the molecule is C[C@@H](CNC(=O)CC[C@H]1NC(=O)NC1=O)Cn1cccn1. The highest BCUT2D eigenvalue weighted by atomic mass is 16.2. The average molecular weight is 293 g/mol. The summed E-state index contributed by atoms with van der Waals surface area (Å²) in [6.07, 6.45) is 4.09. The van der Waals surface area contributed by atoms with Gasteiger partial charge in [-0.25, -0.2) is 4.79 Å². The van der Waals surface area contributed by atoms with E-state index in [9.17, 15) is 14.4 Å². The minimum absolute atomic E-state index is 0.128. The highest BCUT2D eigenvalue weighted by Gasteiger charge is 2.29. The Balaban J connectivity index is 1.63. The second kappa shape index (κ2) is 6.87. The second-order valence-corrected chi connectivity index (χ2v) is 5.19. The van der Waals surface area contributed by atoms with Crippen molar-refractivity contribution in [2.75, 3.05) is 6.54 Å². The van der Waals surface area contributed by atoms with Gasteiger partial charge in [-0.15, -0.1) is 0 Å². The number of amides is 4. The quantitative estimate of drug-likeness (QED) is 0.596. The van der Waals surface area contributed by atoms with Crippen LogP contribution in [0.25, 0.3) is 0 Å². The minimum Gasteiger partial charge on any atom is -0.356 e. The highest BCUT2D eigenvalue weighted by molar-refractivity contribution is 6.04. The highest BCUT2D eigenvalue weighted by Crippen LogP contribution is 2.03. The molecule has 1 fully saturated rings. The van der Waals surface area contributed by atoms with Crippen molar-refractivity contribution in [3.63, 3.8) is 0 Å². The van der Waals surface area contributed by atoms with Crippen molar-refractivity contribution in [3.05, 3.63) is 18.5 Å². The molecular formula is C13H19N5O3. The molecule has 1 aliphatic rings. The number of carbonyl (C=O) groups excluding carboxylic acids is 3. The van der Waals surface area contributed by atoms with Crippen LogP contribution in [0.5, 0.6) is 0 Å². The van der Waals surface area contributed by atoms with Gasteiger partial charge in [-0.3, -0.25) is 19.6 Å². The first kappa shape index (κ1) is 15.0. The first-order valence-electron chi connectivity index (χ1n) is 6.90. The Morgan fingerprint density at radius 3 is 2.95 bits per heavy atom. The number of hydrogen-bond acceptors (Lipinski definition) is 4. The van der Waals surface area contributed by atoms with E-state index in [1.165, 1.54) is 0 Å². The van der Waals surface area contributed by atoms with E-state index in [0.29, 0.717) is 13.0 Å². The van der Waals surface area contributed by atoms with Gasteiger partial charge in [-0.1, -0.05) is 6.92 Å². The Bertz CT molecular complexity index is 514. The molecule has 2 atom stereocenters. The van der Waals surface area contributed by atoms with Gasteiger partial charge in [0.15, 0.2) is 0 Å². The molecule has 3 N–H and O–H groups in total. The van der Waals surface area contributed by atoms with Gasteiger partial charge in [-0.05, 0) is 18.4 Å². The lowest BCUT2D eigenvalue weighted by Crippen LogP contribution is -2.33. The van der Waals surface area contributed by atoms with E-state index in [1.807, 2.05) is 23.9 Å². The normalized spacial score (nSPS) is 19.0. The number of imide groups is 1. The van der Waals surface area contributed by atoms with Gasteiger partial charge in [-0.2, -0.15) is 5.10 Å². The number of nitrogens with zero attached hydrogens (tertiary/aromatic N) is 2. The largest absolute Gasteiger partial charge is 0.356 e. The summed E-state index contributed by atoms with van der Waals surface area (Å²) in [6, 6.07) is 0.745. The predicted octanol–water partition coefficient (Wildman–Crippen LogP) is -0.376. The first-order valence-corrected chi connectivity index (χ1v) is 6.90. The summed E-state index contributed by atoms with van der Waals surface area (Å²) in [6.45, 7) is 3.29.